The molecule has 0 amide bonds. The largest absolute Gasteiger partial charge is 0.354 e. The number of ketones is 1. The van der Waals surface area contributed by atoms with Crippen LogP contribution in [0.3, 0.4) is 0 Å². The van der Waals surface area contributed by atoms with E-state index < -0.39 is 6.55 Å². The minimum atomic E-state index is -2.70. The molecule has 3 aromatic heterocycles. The van der Waals surface area contributed by atoms with Gasteiger partial charge in [0.25, 0.3) is 0 Å². The molecule has 0 radical (unpaired) electrons. The number of nitrogens with zero attached hydrogens (tertiary/aromatic N) is 7. The van der Waals surface area contributed by atoms with E-state index in [1.807, 2.05) is 12.1 Å². The fourth-order valence-electron chi connectivity index (χ4n) is 3.97. The first-order valence-electron chi connectivity index (χ1n) is 11.0. The molecule has 8 nitrogen and oxygen atoms in total. The second-order valence-corrected chi connectivity index (χ2v) is 8.34. The molecule has 34 heavy (non-hydrogen) atoms. The summed E-state index contributed by atoms with van der Waals surface area (Å²) in [4.78, 5) is 30.8. The van der Waals surface area contributed by atoms with Crippen LogP contribution in [-0.4, -0.2) is 68.6 Å². The van der Waals surface area contributed by atoms with E-state index in [2.05, 4.69) is 36.9 Å². The number of anilines is 1. The molecule has 0 aliphatic carbocycles. The van der Waals surface area contributed by atoms with Crippen LogP contribution >= 0.6 is 0 Å². The van der Waals surface area contributed by atoms with Crippen molar-refractivity contribution in [1.29, 1.82) is 0 Å². The topological polar surface area (TPSA) is 80.0 Å². The number of piperazine rings is 1. The fraction of sp³-hybridized carbons (Fsp3) is 0.292. The molecule has 1 fully saturated rings. The van der Waals surface area contributed by atoms with E-state index in [4.69, 9.17) is 0 Å². The first-order chi connectivity index (χ1) is 16.5. The van der Waals surface area contributed by atoms with Gasteiger partial charge in [-0.15, -0.1) is 0 Å². The van der Waals surface area contributed by atoms with Crippen molar-refractivity contribution >= 4 is 22.5 Å². The van der Waals surface area contributed by atoms with Gasteiger partial charge < -0.3 is 9.80 Å². The summed E-state index contributed by atoms with van der Waals surface area (Å²) in [6.07, 6.45) is 6.06. The molecule has 1 aromatic carbocycles. The smallest absolute Gasteiger partial charge is 0.333 e. The van der Waals surface area contributed by atoms with Gasteiger partial charge in [-0.1, -0.05) is 12.1 Å². The predicted octanol–water partition coefficient (Wildman–Crippen LogP) is 3.46. The van der Waals surface area contributed by atoms with E-state index in [0.717, 1.165) is 37.4 Å². The number of hydrogen-bond donors (Lipinski definition) is 0. The lowest BCUT2D eigenvalue weighted by Gasteiger charge is -2.33. The van der Waals surface area contributed by atoms with Crippen molar-refractivity contribution in [3.05, 3.63) is 66.5 Å². The molecular formula is C24H23F2N7O. The number of alkyl halides is 2. The minimum absolute atomic E-state index is 0.0513. The average molecular weight is 463 g/mol. The van der Waals surface area contributed by atoms with Crippen molar-refractivity contribution in [2.45, 2.75) is 13.0 Å². The van der Waals surface area contributed by atoms with Gasteiger partial charge in [0.05, 0.1) is 18.1 Å². The van der Waals surface area contributed by atoms with Crippen molar-refractivity contribution in [2.24, 2.45) is 0 Å². The van der Waals surface area contributed by atoms with E-state index in [9.17, 15) is 13.6 Å². The molecule has 4 heterocycles. The second-order valence-electron chi connectivity index (χ2n) is 8.34. The first-order valence-corrected chi connectivity index (χ1v) is 11.0. The van der Waals surface area contributed by atoms with Gasteiger partial charge in [-0.25, -0.2) is 19.6 Å². The summed E-state index contributed by atoms with van der Waals surface area (Å²) >= 11 is 0. The highest BCUT2D eigenvalue weighted by atomic mass is 19.3. The Kier molecular flexibility index (Phi) is 5.97. The molecule has 0 saturated carbocycles. The monoisotopic (exact) mass is 463 g/mol. The molecule has 0 bridgehead atoms. The molecule has 5 rings (SSSR count). The van der Waals surface area contributed by atoms with Gasteiger partial charge in [0, 0.05) is 61.3 Å². The molecule has 0 unspecified atom stereocenters. The van der Waals surface area contributed by atoms with Crippen molar-refractivity contribution in [3.8, 4) is 11.1 Å². The average Bonchev–Trinajstić information content (AvgIpc) is 3.35. The van der Waals surface area contributed by atoms with Crippen molar-refractivity contribution in [1.82, 2.24) is 29.6 Å². The Balaban J connectivity index is 1.35. The lowest BCUT2D eigenvalue weighted by molar-refractivity contribution is 0.0566. The van der Waals surface area contributed by atoms with Gasteiger partial charge >= 0.3 is 6.55 Å². The fourth-order valence-corrected chi connectivity index (χ4v) is 3.97. The summed E-state index contributed by atoms with van der Waals surface area (Å²) in [5, 5.41) is 4.48. The highest BCUT2D eigenvalue weighted by molar-refractivity contribution is 5.98. The highest BCUT2D eigenvalue weighted by Crippen LogP contribution is 2.24. The van der Waals surface area contributed by atoms with Crippen LogP contribution in [0, 0.1) is 0 Å². The zero-order valence-electron chi connectivity index (χ0n) is 18.6. The predicted molar refractivity (Wildman–Crippen MR) is 124 cm³/mol. The van der Waals surface area contributed by atoms with E-state index in [-0.39, 0.29) is 12.2 Å². The zero-order chi connectivity index (χ0) is 23.7. The molecule has 0 spiro atoms. The maximum absolute atomic E-state index is 13.0. The summed E-state index contributed by atoms with van der Waals surface area (Å²) in [7, 11) is 2.09. The lowest BCUT2D eigenvalue weighted by Crippen LogP contribution is -2.44. The van der Waals surface area contributed by atoms with Gasteiger partial charge in [0.2, 0.25) is 0 Å². The van der Waals surface area contributed by atoms with Crippen LogP contribution in [0.2, 0.25) is 0 Å². The van der Waals surface area contributed by atoms with Crippen LogP contribution in [0.25, 0.3) is 22.0 Å². The minimum Gasteiger partial charge on any atom is -0.354 e. The quantitative estimate of drug-likeness (QED) is 0.405. The van der Waals surface area contributed by atoms with Crippen LogP contribution in [0.4, 0.5) is 14.6 Å². The van der Waals surface area contributed by atoms with Crippen LogP contribution in [0.15, 0.2) is 55.1 Å². The van der Waals surface area contributed by atoms with Gasteiger partial charge in [-0.05, 0) is 30.8 Å². The van der Waals surface area contributed by atoms with E-state index >= 15 is 0 Å². The Morgan fingerprint density at radius 3 is 2.62 bits per heavy atom. The van der Waals surface area contributed by atoms with E-state index in [0.29, 0.717) is 32.7 Å². The number of carbonyl (C=O) groups is 1. The van der Waals surface area contributed by atoms with Crippen LogP contribution in [0.5, 0.6) is 0 Å². The van der Waals surface area contributed by atoms with Crippen molar-refractivity contribution in [2.75, 3.05) is 38.1 Å². The number of halogens is 2. The molecule has 4 aromatic rings. The Morgan fingerprint density at radius 2 is 1.85 bits per heavy atom. The number of rotatable bonds is 6. The second kappa shape index (κ2) is 9.22. The third kappa shape index (κ3) is 4.62. The zero-order valence-corrected chi connectivity index (χ0v) is 18.6. The molecule has 1 aliphatic heterocycles. The summed E-state index contributed by atoms with van der Waals surface area (Å²) < 4.78 is 26.3. The van der Waals surface area contributed by atoms with Gasteiger partial charge in [-0.3, -0.25) is 4.79 Å². The molecule has 1 aliphatic rings. The molecule has 174 valence electrons. The Bertz CT molecular complexity index is 1330. The third-order valence-corrected chi connectivity index (χ3v) is 5.98. The highest BCUT2D eigenvalue weighted by Gasteiger charge is 2.17. The SMILES string of the molecule is CN1CCN(c2cc(C(=O)Cc3ncc4ccc(-c5cnn(C(F)F)c5)cc4n3)ccn2)CC1. The molecule has 0 atom stereocenters. The van der Waals surface area contributed by atoms with E-state index in [1.165, 1.54) is 12.4 Å². The summed E-state index contributed by atoms with van der Waals surface area (Å²) in [6.45, 7) is 0.950. The maximum Gasteiger partial charge on any atom is 0.333 e. The lowest BCUT2D eigenvalue weighted by atomic mass is 10.1. The summed E-state index contributed by atoms with van der Waals surface area (Å²) in [5.74, 6) is 1.11. The Labute approximate surface area is 194 Å². The number of hydrogen-bond acceptors (Lipinski definition) is 7. The molecule has 0 N–H and O–H groups in total. The Hall–Kier alpha value is -3.79. The molecule has 10 heteroatoms. The standard InChI is InChI=1S/C24H23F2N7O/c1-31-6-8-32(9-7-31)23-11-17(4-5-27-23)21(34)12-22-28-13-18-3-2-16(10-20(18)30-22)19-14-29-33(15-19)24(25)26/h2-5,10-11,13-15,24H,6-9,12H2,1H3. The van der Waals surface area contributed by atoms with Crippen molar-refractivity contribution < 1.29 is 13.6 Å². The third-order valence-electron chi connectivity index (χ3n) is 5.98. The number of carbonyl (C=O) groups excluding carboxylic acids is 1. The van der Waals surface area contributed by atoms with Crippen LogP contribution in [-0.2, 0) is 6.42 Å². The number of benzene rings is 1. The summed E-state index contributed by atoms with van der Waals surface area (Å²) in [5.41, 5.74) is 2.47. The van der Waals surface area contributed by atoms with E-state index in [1.54, 1.807) is 30.6 Å². The van der Waals surface area contributed by atoms with Crippen LogP contribution in [0.1, 0.15) is 22.7 Å². The number of aromatic nitrogens is 5. The normalized spacial score (nSPS) is 14.8. The number of likely N-dealkylation sites (N-methyl/N-ethyl adjacent to an activating group) is 1. The Morgan fingerprint density at radius 1 is 1.03 bits per heavy atom. The number of fused-ring (bicyclic) bond motifs is 1. The first kappa shape index (κ1) is 22.0. The number of pyridine rings is 1. The number of Topliss-reactive ketones (excluding diaryl/α,β-unsaturated/α-hetero) is 1. The van der Waals surface area contributed by atoms with Crippen molar-refractivity contribution in [3.63, 3.8) is 0 Å². The molecular weight excluding hydrogens is 440 g/mol. The summed E-state index contributed by atoms with van der Waals surface area (Å²) in [6, 6.07) is 8.95. The van der Waals surface area contributed by atoms with Gasteiger partial charge in [0.15, 0.2) is 5.78 Å². The van der Waals surface area contributed by atoms with Crippen LogP contribution < -0.4 is 4.90 Å². The van der Waals surface area contributed by atoms with Gasteiger partial charge in [-0.2, -0.15) is 13.9 Å². The molecule has 1 saturated heterocycles. The van der Waals surface area contributed by atoms with Gasteiger partial charge in [0.1, 0.15) is 11.6 Å². The maximum atomic E-state index is 13.0.